The maximum Gasteiger partial charge on any atom is 0.0956 e. The molecule has 2 atom stereocenters. The third-order valence-corrected chi connectivity index (χ3v) is 4.91. The van der Waals surface area contributed by atoms with Crippen LogP contribution >= 0.6 is 0 Å². The zero-order valence-corrected chi connectivity index (χ0v) is 15.2. The summed E-state index contributed by atoms with van der Waals surface area (Å²) in [6, 6.07) is 10.6. The Labute approximate surface area is 146 Å². The average Bonchev–Trinajstić information content (AvgIpc) is 2.83. The molecule has 2 fully saturated rings. The molecule has 2 saturated heterocycles. The lowest BCUT2D eigenvalue weighted by molar-refractivity contribution is -0.132. The van der Waals surface area contributed by atoms with Crippen LogP contribution in [0.1, 0.15) is 32.4 Å². The van der Waals surface area contributed by atoms with E-state index < -0.39 is 0 Å². The fraction of sp³-hybridized carbons (Fsp3) is 0.700. The molecule has 0 unspecified atom stereocenters. The van der Waals surface area contributed by atoms with E-state index in [1.54, 1.807) is 0 Å². The van der Waals surface area contributed by atoms with Crippen molar-refractivity contribution in [2.45, 2.75) is 33.0 Å². The third kappa shape index (κ3) is 4.79. The van der Waals surface area contributed by atoms with E-state index in [2.05, 4.69) is 56.0 Å². The highest BCUT2D eigenvalue weighted by Crippen LogP contribution is 2.33. The predicted molar refractivity (Wildman–Crippen MR) is 95.1 cm³/mol. The summed E-state index contributed by atoms with van der Waals surface area (Å²) in [4.78, 5) is 2.54. The molecular formula is C20H31NO3. The van der Waals surface area contributed by atoms with Crippen LogP contribution in [-0.4, -0.2) is 57.1 Å². The lowest BCUT2D eigenvalue weighted by Crippen LogP contribution is -2.50. The molecule has 4 heteroatoms. The van der Waals surface area contributed by atoms with Gasteiger partial charge in [0.1, 0.15) is 0 Å². The number of ether oxygens (including phenoxy) is 3. The molecule has 134 valence electrons. The van der Waals surface area contributed by atoms with Crippen molar-refractivity contribution in [1.82, 2.24) is 4.90 Å². The van der Waals surface area contributed by atoms with Crippen LogP contribution in [0.4, 0.5) is 0 Å². The fourth-order valence-electron chi connectivity index (χ4n) is 3.44. The second-order valence-corrected chi connectivity index (χ2v) is 8.12. The lowest BCUT2D eigenvalue weighted by Gasteiger charge is -2.44. The van der Waals surface area contributed by atoms with E-state index in [0.29, 0.717) is 5.92 Å². The molecule has 3 rings (SSSR count). The minimum absolute atomic E-state index is 0.127. The molecule has 0 aliphatic carbocycles. The highest BCUT2D eigenvalue weighted by molar-refractivity contribution is 5.18. The van der Waals surface area contributed by atoms with Crippen molar-refractivity contribution in [1.29, 1.82) is 0 Å². The topological polar surface area (TPSA) is 30.9 Å². The van der Waals surface area contributed by atoms with Gasteiger partial charge in [-0.3, -0.25) is 4.90 Å². The summed E-state index contributed by atoms with van der Waals surface area (Å²) >= 11 is 0. The van der Waals surface area contributed by atoms with E-state index in [4.69, 9.17) is 14.2 Å². The SMILES string of the molecule is CC(C)(C)[C@H]1CN(CC2COCCOC2)C[C@@H](c2ccccc2)O1. The largest absolute Gasteiger partial charge is 0.379 e. The van der Waals surface area contributed by atoms with E-state index in [1.807, 2.05) is 0 Å². The second-order valence-electron chi connectivity index (χ2n) is 8.12. The molecule has 0 bridgehead atoms. The number of hydrogen-bond donors (Lipinski definition) is 0. The van der Waals surface area contributed by atoms with Gasteiger partial charge in [-0.1, -0.05) is 51.1 Å². The lowest BCUT2D eigenvalue weighted by atomic mass is 9.87. The zero-order valence-electron chi connectivity index (χ0n) is 15.2. The van der Waals surface area contributed by atoms with E-state index >= 15 is 0 Å². The van der Waals surface area contributed by atoms with E-state index in [0.717, 1.165) is 46.1 Å². The van der Waals surface area contributed by atoms with Crippen LogP contribution in [0.25, 0.3) is 0 Å². The first-order chi connectivity index (χ1) is 11.5. The van der Waals surface area contributed by atoms with Crippen molar-refractivity contribution in [2.75, 3.05) is 46.1 Å². The van der Waals surface area contributed by atoms with E-state index in [1.165, 1.54) is 5.56 Å². The number of rotatable bonds is 3. The third-order valence-electron chi connectivity index (χ3n) is 4.91. The van der Waals surface area contributed by atoms with Crippen molar-refractivity contribution < 1.29 is 14.2 Å². The number of morpholine rings is 1. The van der Waals surface area contributed by atoms with Gasteiger partial charge in [-0.25, -0.2) is 0 Å². The quantitative estimate of drug-likeness (QED) is 0.850. The van der Waals surface area contributed by atoms with Crippen molar-refractivity contribution >= 4 is 0 Å². The molecule has 0 spiro atoms. The Hall–Kier alpha value is -0.940. The molecule has 0 amide bonds. The number of nitrogens with zero attached hydrogens (tertiary/aromatic N) is 1. The Morgan fingerprint density at radius 1 is 1.00 bits per heavy atom. The van der Waals surface area contributed by atoms with Crippen LogP contribution in [0.3, 0.4) is 0 Å². The molecule has 0 radical (unpaired) electrons. The smallest absolute Gasteiger partial charge is 0.0956 e. The molecule has 2 aliphatic rings. The Bertz CT molecular complexity index is 491. The van der Waals surface area contributed by atoms with Crippen molar-refractivity contribution in [2.24, 2.45) is 11.3 Å². The summed E-state index contributed by atoms with van der Waals surface area (Å²) in [5.41, 5.74) is 1.40. The minimum atomic E-state index is 0.127. The average molecular weight is 333 g/mol. The van der Waals surface area contributed by atoms with Gasteiger partial charge in [0.05, 0.1) is 38.6 Å². The second kappa shape index (κ2) is 7.96. The Kier molecular flexibility index (Phi) is 5.93. The van der Waals surface area contributed by atoms with E-state index in [9.17, 15) is 0 Å². The molecule has 24 heavy (non-hydrogen) atoms. The van der Waals surface area contributed by atoms with Crippen LogP contribution in [0, 0.1) is 11.3 Å². The monoisotopic (exact) mass is 333 g/mol. The number of benzene rings is 1. The standard InChI is InChI=1S/C20H31NO3/c1-20(2,3)19-13-21(11-16-14-22-9-10-23-15-16)12-18(24-19)17-7-5-4-6-8-17/h4-8,16,18-19H,9-15H2,1-3H3/t18-,19+/m0/s1. The molecule has 2 heterocycles. The van der Waals surface area contributed by atoms with Gasteiger partial charge in [0, 0.05) is 25.6 Å². The van der Waals surface area contributed by atoms with E-state index in [-0.39, 0.29) is 17.6 Å². The molecule has 1 aromatic carbocycles. The van der Waals surface area contributed by atoms with Crippen molar-refractivity contribution in [3.05, 3.63) is 35.9 Å². The van der Waals surface area contributed by atoms with Gasteiger partial charge in [-0.2, -0.15) is 0 Å². The van der Waals surface area contributed by atoms with Gasteiger partial charge in [-0.05, 0) is 11.0 Å². The summed E-state index contributed by atoms with van der Waals surface area (Å²) < 4.78 is 17.8. The van der Waals surface area contributed by atoms with Crippen LogP contribution < -0.4 is 0 Å². The van der Waals surface area contributed by atoms with Gasteiger partial charge >= 0.3 is 0 Å². The summed E-state index contributed by atoms with van der Waals surface area (Å²) in [7, 11) is 0. The highest BCUT2D eigenvalue weighted by atomic mass is 16.5. The molecule has 4 nitrogen and oxygen atoms in total. The molecule has 0 N–H and O–H groups in total. The summed E-state index contributed by atoms with van der Waals surface area (Å²) in [5.74, 6) is 0.447. The van der Waals surface area contributed by atoms with Crippen molar-refractivity contribution in [3.63, 3.8) is 0 Å². The van der Waals surface area contributed by atoms with Crippen LogP contribution in [-0.2, 0) is 14.2 Å². The normalized spacial score (nSPS) is 27.8. The van der Waals surface area contributed by atoms with Gasteiger partial charge < -0.3 is 14.2 Å². The van der Waals surface area contributed by atoms with Crippen LogP contribution in [0.5, 0.6) is 0 Å². The first-order valence-electron chi connectivity index (χ1n) is 9.10. The van der Waals surface area contributed by atoms with Gasteiger partial charge in [-0.15, -0.1) is 0 Å². The van der Waals surface area contributed by atoms with Gasteiger partial charge in [0.15, 0.2) is 0 Å². The highest BCUT2D eigenvalue weighted by Gasteiger charge is 2.36. The number of hydrogen-bond acceptors (Lipinski definition) is 4. The molecule has 1 aromatic rings. The zero-order chi connectivity index (χ0) is 17.0. The first-order valence-corrected chi connectivity index (χ1v) is 9.10. The van der Waals surface area contributed by atoms with Crippen LogP contribution in [0.15, 0.2) is 30.3 Å². The fourth-order valence-corrected chi connectivity index (χ4v) is 3.44. The summed E-state index contributed by atoms with van der Waals surface area (Å²) in [6.07, 6.45) is 0.362. The van der Waals surface area contributed by atoms with Gasteiger partial charge in [0.2, 0.25) is 0 Å². The molecule has 0 saturated carbocycles. The molecule has 0 aromatic heterocycles. The molecule has 2 aliphatic heterocycles. The maximum atomic E-state index is 6.48. The summed E-state index contributed by atoms with van der Waals surface area (Å²) in [5, 5.41) is 0. The Morgan fingerprint density at radius 3 is 2.29 bits per heavy atom. The predicted octanol–water partition coefficient (Wildman–Crippen LogP) is 3.14. The van der Waals surface area contributed by atoms with Gasteiger partial charge in [0.25, 0.3) is 0 Å². The van der Waals surface area contributed by atoms with Crippen molar-refractivity contribution in [3.8, 4) is 0 Å². The Morgan fingerprint density at radius 2 is 1.67 bits per heavy atom. The minimum Gasteiger partial charge on any atom is -0.379 e. The first kappa shape index (κ1) is 17.9. The summed E-state index contributed by atoms with van der Waals surface area (Å²) in [6.45, 7) is 12.8. The van der Waals surface area contributed by atoms with Crippen LogP contribution in [0.2, 0.25) is 0 Å². The maximum absolute atomic E-state index is 6.48. The molecular weight excluding hydrogens is 302 g/mol. The Balaban J connectivity index is 1.70.